The number of hydrogen-bond acceptors (Lipinski definition) is 3. The summed E-state index contributed by atoms with van der Waals surface area (Å²) >= 11 is 3.40. The lowest BCUT2D eigenvalue weighted by molar-refractivity contribution is 0.198. The van der Waals surface area contributed by atoms with E-state index in [9.17, 15) is 0 Å². The molecule has 1 fully saturated rings. The molecular weight excluding hydrogens is 244 g/mol. The summed E-state index contributed by atoms with van der Waals surface area (Å²) in [5.74, 6) is 0.673. The molecule has 0 radical (unpaired) electrons. The highest BCUT2D eigenvalue weighted by Crippen LogP contribution is 2.27. The van der Waals surface area contributed by atoms with Gasteiger partial charge in [-0.15, -0.1) is 0 Å². The van der Waals surface area contributed by atoms with E-state index < -0.39 is 0 Å². The van der Waals surface area contributed by atoms with Crippen LogP contribution in [0, 0.1) is 0 Å². The van der Waals surface area contributed by atoms with Crippen molar-refractivity contribution in [2.75, 3.05) is 0 Å². The van der Waals surface area contributed by atoms with Crippen molar-refractivity contribution in [2.24, 2.45) is 5.73 Å². The molecule has 1 aromatic rings. The Bertz CT molecular complexity index is 319. The quantitative estimate of drug-likeness (QED) is 0.882. The number of ether oxygens (including phenoxy) is 1. The zero-order valence-electron chi connectivity index (χ0n) is 7.82. The number of pyridine rings is 1. The highest BCUT2D eigenvalue weighted by molar-refractivity contribution is 9.10. The van der Waals surface area contributed by atoms with Gasteiger partial charge >= 0.3 is 0 Å². The highest BCUT2D eigenvalue weighted by Gasteiger charge is 2.23. The van der Waals surface area contributed by atoms with E-state index >= 15 is 0 Å². The van der Waals surface area contributed by atoms with Gasteiger partial charge < -0.3 is 10.5 Å². The van der Waals surface area contributed by atoms with E-state index in [2.05, 4.69) is 20.9 Å². The number of halogens is 1. The Kier molecular flexibility index (Phi) is 3.03. The summed E-state index contributed by atoms with van der Waals surface area (Å²) in [4.78, 5) is 4.16. The molecule has 1 heterocycles. The predicted octanol–water partition coefficient (Wildman–Crippen LogP) is 2.10. The van der Waals surface area contributed by atoms with Gasteiger partial charge in [-0.05, 0) is 47.3 Å². The fourth-order valence-electron chi connectivity index (χ4n) is 1.70. The minimum Gasteiger partial charge on any atom is -0.473 e. The standard InChI is InChI=1S/C10H13BrN2O/c11-9-2-1-5-13-10(9)14-8-4-3-7(12)6-8/h1-2,5,7-8H,3-4,6,12H2. The van der Waals surface area contributed by atoms with Crippen molar-refractivity contribution in [3.8, 4) is 5.88 Å². The van der Waals surface area contributed by atoms with Gasteiger partial charge in [-0.3, -0.25) is 0 Å². The molecule has 0 bridgehead atoms. The highest BCUT2D eigenvalue weighted by atomic mass is 79.9. The third kappa shape index (κ3) is 2.25. The Morgan fingerprint density at radius 1 is 1.50 bits per heavy atom. The molecule has 0 amide bonds. The molecule has 2 rings (SSSR count). The van der Waals surface area contributed by atoms with Gasteiger partial charge in [0.2, 0.25) is 5.88 Å². The van der Waals surface area contributed by atoms with Crippen LogP contribution in [0.1, 0.15) is 19.3 Å². The van der Waals surface area contributed by atoms with Gasteiger partial charge in [0.05, 0.1) is 4.47 Å². The Morgan fingerprint density at radius 2 is 2.36 bits per heavy atom. The van der Waals surface area contributed by atoms with Crippen molar-refractivity contribution in [2.45, 2.75) is 31.4 Å². The van der Waals surface area contributed by atoms with E-state index in [-0.39, 0.29) is 6.10 Å². The van der Waals surface area contributed by atoms with Crippen molar-refractivity contribution in [1.29, 1.82) is 0 Å². The summed E-state index contributed by atoms with van der Waals surface area (Å²) in [6.07, 6.45) is 4.98. The van der Waals surface area contributed by atoms with Crippen LogP contribution in [0.15, 0.2) is 22.8 Å². The zero-order valence-corrected chi connectivity index (χ0v) is 9.40. The molecule has 2 unspecified atom stereocenters. The second-order valence-corrected chi connectivity index (χ2v) is 4.46. The molecule has 2 atom stereocenters. The molecule has 2 N–H and O–H groups in total. The first-order valence-electron chi connectivity index (χ1n) is 4.78. The number of nitrogens with zero attached hydrogens (tertiary/aromatic N) is 1. The molecule has 0 aliphatic heterocycles. The Labute approximate surface area is 91.8 Å². The fraction of sp³-hybridized carbons (Fsp3) is 0.500. The molecule has 1 aliphatic rings. The van der Waals surface area contributed by atoms with Crippen LogP contribution in [0.25, 0.3) is 0 Å². The SMILES string of the molecule is NC1CCC(Oc2ncccc2Br)C1. The van der Waals surface area contributed by atoms with Crippen LogP contribution >= 0.6 is 15.9 Å². The van der Waals surface area contributed by atoms with E-state index in [1.807, 2.05) is 12.1 Å². The van der Waals surface area contributed by atoms with Gasteiger partial charge in [-0.1, -0.05) is 0 Å². The van der Waals surface area contributed by atoms with Gasteiger partial charge in [-0.2, -0.15) is 0 Å². The fourth-order valence-corrected chi connectivity index (χ4v) is 2.04. The normalized spacial score (nSPS) is 26.4. The smallest absolute Gasteiger partial charge is 0.228 e. The maximum atomic E-state index is 5.80. The van der Waals surface area contributed by atoms with Crippen LogP contribution in [0.5, 0.6) is 5.88 Å². The molecule has 1 aliphatic carbocycles. The average Bonchev–Trinajstić information content (AvgIpc) is 2.56. The molecule has 0 aromatic carbocycles. The van der Waals surface area contributed by atoms with Crippen LogP contribution in [-0.2, 0) is 0 Å². The van der Waals surface area contributed by atoms with Crippen LogP contribution in [-0.4, -0.2) is 17.1 Å². The number of rotatable bonds is 2. The van der Waals surface area contributed by atoms with Crippen molar-refractivity contribution in [3.05, 3.63) is 22.8 Å². The summed E-state index contributed by atoms with van der Waals surface area (Å²) in [5, 5.41) is 0. The number of nitrogens with two attached hydrogens (primary N) is 1. The molecule has 0 saturated heterocycles. The van der Waals surface area contributed by atoms with Gasteiger partial charge in [0.1, 0.15) is 6.10 Å². The molecule has 14 heavy (non-hydrogen) atoms. The first kappa shape index (κ1) is 9.93. The van der Waals surface area contributed by atoms with Gasteiger partial charge in [-0.25, -0.2) is 4.98 Å². The molecule has 0 spiro atoms. The summed E-state index contributed by atoms with van der Waals surface area (Å²) < 4.78 is 6.64. The third-order valence-electron chi connectivity index (χ3n) is 2.43. The lowest BCUT2D eigenvalue weighted by Crippen LogP contribution is -2.19. The lowest BCUT2D eigenvalue weighted by Gasteiger charge is -2.13. The molecule has 1 aromatic heterocycles. The zero-order chi connectivity index (χ0) is 9.97. The van der Waals surface area contributed by atoms with Gasteiger partial charge in [0, 0.05) is 12.2 Å². The predicted molar refractivity (Wildman–Crippen MR) is 58.2 cm³/mol. The topological polar surface area (TPSA) is 48.1 Å². The van der Waals surface area contributed by atoms with E-state index in [1.165, 1.54) is 0 Å². The monoisotopic (exact) mass is 256 g/mol. The van der Waals surface area contributed by atoms with E-state index in [4.69, 9.17) is 10.5 Å². The van der Waals surface area contributed by atoms with E-state index in [0.29, 0.717) is 11.9 Å². The van der Waals surface area contributed by atoms with E-state index in [1.54, 1.807) is 6.20 Å². The maximum Gasteiger partial charge on any atom is 0.228 e. The summed E-state index contributed by atoms with van der Waals surface area (Å²) in [7, 11) is 0. The third-order valence-corrected chi connectivity index (χ3v) is 3.03. The molecular formula is C10H13BrN2O. The maximum absolute atomic E-state index is 5.80. The van der Waals surface area contributed by atoms with Crippen molar-refractivity contribution >= 4 is 15.9 Å². The van der Waals surface area contributed by atoms with Crippen LogP contribution in [0.2, 0.25) is 0 Å². The Balaban J connectivity index is 2.01. The van der Waals surface area contributed by atoms with Crippen LogP contribution in [0.4, 0.5) is 0 Å². The number of aromatic nitrogens is 1. The average molecular weight is 257 g/mol. The molecule has 4 heteroatoms. The molecule has 1 saturated carbocycles. The summed E-state index contributed by atoms with van der Waals surface area (Å²) in [6.45, 7) is 0. The van der Waals surface area contributed by atoms with Crippen molar-refractivity contribution < 1.29 is 4.74 Å². The largest absolute Gasteiger partial charge is 0.473 e. The first-order valence-corrected chi connectivity index (χ1v) is 5.58. The minimum atomic E-state index is 0.233. The molecule has 76 valence electrons. The first-order chi connectivity index (χ1) is 6.75. The number of hydrogen-bond donors (Lipinski definition) is 1. The van der Waals surface area contributed by atoms with Crippen LogP contribution in [0.3, 0.4) is 0 Å². The van der Waals surface area contributed by atoms with E-state index in [0.717, 1.165) is 23.7 Å². The minimum absolute atomic E-state index is 0.233. The van der Waals surface area contributed by atoms with Gasteiger partial charge in [0.15, 0.2) is 0 Å². The molecule has 3 nitrogen and oxygen atoms in total. The summed E-state index contributed by atoms with van der Waals surface area (Å²) in [6, 6.07) is 4.09. The second-order valence-electron chi connectivity index (χ2n) is 3.60. The lowest BCUT2D eigenvalue weighted by atomic mass is 10.3. The summed E-state index contributed by atoms with van der Waals surface area (Å²) in [5.41, 5.74) is 5.80. The van der Waals surface area contributed by atoms with Crippen molar-refractivity contribution in [1.82, 2.24) is 4.98 Å². The Morgan fingerprint density at radius 3 is 3.00 bits per heavy atom. The Hall–Kier alpha value is -0.610. The van der Waals surface area contributed by atoms with Crippen molar-refractivity contribution in [3.63, 3.8) is 0 Å². The van der Waals surface area contributed by atoms with Gasteiger partial charge in [0.25, 0.3) is 0 Å². The second kappa shape index (κ2) is 4.28. The van der Waals surface area contributed by atoms with Crippen LogP contribution < -0.4 is 10.5 Å².